The summed E-state index contributed by atoms with van der Waals surface area (Å²) in [7, 11) is 1.22. The van der Waals surface area contributed by atoms with Gasteiger partial charge in [-0.25, -0.2) is 14.6 Å². The monoisotopic (exact) mass is 623 g/mol. The normalized spacial score (nSPS) is 18.7. The van der Waals surface area contributed by atoms with Crippen molar-refractivity contribution in [2.75, 3.05) is 24.8 Å². The van der Waals surface area contributed by atoms with E-state index in [2.05, 4.69) is 36.7 Å². The molecule has 3 N–H and O–H groups in total. The number of nitrogens with zero attached hydrogens (tertiary/aromatic N) is 3. The van der Waals surface area contributed by atoms with Crippen LogP contribution in [0.25, 0.3) is 0 Å². The highest BCUT2D eigenvalue weighted by atomic mass is 79.9. The van der Waals surface area contributed by atoms with Gasteiger partial charge in [-0.2, -0.15) is 0 Å². The number of benzene rings is 1. The lowest BCUT2D eigenvalue weighted by molar-refractivity contribution is -0.150. The number of aliphatic carboxylic acids is 1. The van der Waals surface area contributed by atoms with Gasteiger partial charge in [-0.3, -0.25) is 19.3 Å². The number of carbonyl (C=O) groups excluding carboxylic acids is 4. The molecule has 1 aromatic carbocycles. The predicted octanol–water partition coefficient (Wildman–Crippen LogP) is 1.42. The second kappa shape index (κ2) is 11.7. The summed E-state index contributed by atoms with van der Waals surface area (Å²) in [6.07, 6.45) is 0.425. The Morgan fingerprint density at radius 2 is 2.05 bits per heavy atom. The molecule has 4 rings (SSSR count). The van der Waals surface area contributed by atoms with Crippen molar-refractivity contribution in [2.24, 2.45) is 5.16 Å². The van der Waals surface area contributed by atoms with Gasteiger partial charge in [0, 0.05) is 11.3 Å². The summed E-state index contributed by atoms with van der Waals surface area (Å²) >= 11 is 5.51. The van der Waals surface area contributed by atoms with Crippen molar-refractivity contribution in [3.05, 3.63) is 56.6 Å². The number of amides is 3. The molecule has 2 atom stereocenters. The second-order valence-electron chi connectivity index (χ2n) is 7.59. The molecule has 0 saturated carbocycles. The first-order valence-corrected chi connectivity index (χ1v) is 13.3. The van der Waals surface area contributed by atoms with Crippen LogP contribution in [0.3, 0.4) is 0 Å². The Labute approximate surface area is 231 Å². The van der Waals surface area contributed by atoms with Gasteiger partial charge in [0.05, 0.1) is 5.56 Å². The number of fused-ring (bicyclic) bond motifs is 1. The van der Waals surface area contributed by atoms with Gasteiger partial charge >= 0.3 is 11.9 Å². The van der Waals surface area contributed by atoms with E-state index in [0.29, 0.717) is 15.8 Å². The van der Waals surface area contributed by atoms with Gasteiger partial charge in [-0.1, -0.05) is 34.7 Å². The van der Waals surface area contributed by atoms with Gasteiger partial charge in [-0.05, 0) is 28.1 Å². The van der Waals surface area contributed by atoms with E-state index in [1.165, 1.54) is 18.9 Å². The Morgan fingerprint density at radius 3 is 2.71 bits per heavy atom. The molecule has 2 aromatic rings. The Kier molecular flexibility index (Phi) is 8.43. The fourth-order valence-electron chi connectivity index (χ4n) is 3.66. The quantitative estimate of drug-likeness (QED) is 0.115. The fourth-order valence-corrected chi connectivity index (χ4v) is 6.37. The number of thioether (sulfide) groups is 1. The van der Waals surface area contributed by atoms with Crippen LogP contribution < -0.4 is 10.6 Å². The van der Waals surface area contributed by atoms with E-state index in [1.807, 2.05) is 0 Å². The van der Waals surface area contributed by atoms with Crippen molar-refractivity contribution < 1.29 is 38.7 Å². The van der Waals surface area contributed by atoms with Crippen LogP contribution in [-0.2, 0) is 28.8 Å². The summed E-state index contributed by atoms with van der Waals surface area (Å²) in [5, 5.41) is 17.9. The molecule has 1 fully saturated rings. The van der Waals surface area contributed by atoms with E-state index < -0.39 is 35.2 Å². The minimum absolute atomic E-state index is 0.0762. The molecule has 2 aliphatic rings. The number of halogens is 1. The number of esters is 1. The summed E-state index contributed by atoms with van der Waals surface area (Å²) in [4.78, 5) is 71.0. The molecule has 1 saturated heterocycles. The smallest absolute Gasteiger partial charge is 0.352 e. The van der Waals surface area contributed by atoms with Gasteiger partial charge < -0.3 is 25.3 Å². The molecule has 0 bridgehead atoms. The number of aromatic nitrogens is 1. The minimum Gasteiger partial charge on any atom is -0.477 e. The molecule has 3 heterocycles. The van der Waals surface area contributed by atoms with Gasteiger partial charge in [0.25, 0.3) is 11.8 Å². The van der Waals surface area contributed by atoms with Gasteiger partial charge in [-0.15, -0.1) is 11.8 Å². The zero-order chi connectivity index (χ0) is 27.4. The molecule has 1 unspecified atom stereocenters. The van der Waals surface area contributed by atoms with Crippen LogP contribution in [0.2, 0.25) is 0 Å². The molecule has 198 valence electrons. The number of ether oxygens (including phenoxy) is 1. The lowest BCUT2D eigenvalue weighted by Crippen LogP contribution is -2.71. The van der Waals surface area contributed by atoms with E-state index in [4.69, 9.17) is 9.57 Å². The first kappa shape index (κ1) is 27.3. The molecule has 2 aliphatic heterocycles. The highest BCUT2D eigenvalue weighted by Crippen LogP contribution is 2.40. The molecular weight excluding hydrogens is 606 g/mol. The first-order valence-electron chi connectivity index (χ1n) is 10.7. The van der Waals surface area contributed by atoms with E-state index >= 15 is 0 Å². The summed E-state index contributed by atoms with van der Waals surface area (Å²) in [6.45, 7) is -0.310. The Balaban J connectivity index is 1.48. The maximum Gasteiger partial charge on any atom is 0.352 e. The number of carboxylic acid groups (broad SMARTS) is 1. The van der Waals surface area contributed by atoms with Crippen LogP contribution >= 0.6 is 39.0 Å². The van der Waals surface area contributed by atoms with E-state index in [1.54, 1.807) is 30.3 Å². The molecule has 16 heteroatoms. The Bertz CT molecular complexity index is 1360. The highest BCUT2D eigenvalue weighted by molar-refractivity contribution is 9.11. The van der Waals surface area contributed by atoms with Crippen molar-refractivity contribution >= 4 is 80.0 Å². The second-order valence-corrected chi connectivity index (χ2v) is 11.0. The maximum absolute atomic E-state index is 13.0. The third-order valence-electron chi connectivity index (χ3n) is 5.31. The number of hydrogen-bond donors (Lipinski definition) is 3. The molecule has 3 amide bonds. The molecule has 1 aromatic heterocycles. The molecule has 38 heavy (non-hydrogen) atoms. The molecule has 0 radical (unpaired) electrons. The number of oxime groups is 1. The van der Waals surface area contributed by atoms with Crippen LogP contribution in [0.4, 0.5) is 5.13 Å². The maximum atomic E-state index is 13.0. The SMILES string of the molecule is CON=C(C(=O)NC1C(=O)N2C(C(=O)O)=C(COC(=O)c3ccccc3)CS[C@H]12)c1nc(NC=O)sc1Br. The highest BCUT2D eigenvalue weighted by Gasteiger charge is 2.54. The van der Waals surface area contributed by atoms with Crippen LogP contribution in [0.15, 0.2) is 50.5 Å². The predicted molar refractivity (Wildman–Crippen MR) is 139 cm³/mol. The van der Waals surface area contributed by atoms with Crippen LogP contribution in [-0.4, -0.2) is 81.8 Å². The van der Waals surface area contributed by atoms with Crippen LogP contribution in [0.5, 0.6) is 0 Å². The van der Waals surface area contributed by atoms with Gasteiger partial charge in [0.2, 0.25) is 6.41 Å². The Hall–Kier alpha value is -3.76. The number of nitrogens with one attached hydrogen (secondary N) is 2. The van der Waals surface area contributed by atoms with Gasteiger partial charge in [0.1, 0.15) is 40.3 Å². The average molecular weight is 624 g/mol. The van der Waals surface area contributed by atoms with Crippen molar-refractivity contribution in [1.82, 2.24) is 15.2 Å². The van der Waals surface area contributed by atoms with E-state index in [-0.39, 0.29) is 40.2 Å². The number of thiazole rings is 1. The zero-order valence-corrected chi connectivity index (χ0v) is 22.6. The Morgan fingerprint density at radius 1 is 1.32 bits per heavy atom. The summed E-state index contributed by atoms with van der Waals surface area (Å²) in [5.41, 5.74) is 0.0898. The molecule has 13 nitrogen and oxygen atoms in total. The minimum atomic E-state index is -1.36. The standard InChI is InChI=1S/C22H18BrN5O8S2/c1-35-27-13(12-16(23)38-22(26-12)24-9-29)17(30)25-14-18(31)28-15(20(32)33)11(8-37-19(14)28)7-36-21(34)10-5-3-2-4-6-10/h2-6,9,14,19H,7-8H2,1H3,(H,25,30)(H,32,33)(H,24,26,29)/t14?,19-/m1/s1. The summed E-state index contributed by atoms with van der Waals surface area (Å²) in [6, 6.07) is 7.16. The number of β-lactam (4-membered cyclic amide) rings is 1. The van der Waals surface area contributed by atoms with Crippen molar-refractivity contribution in [1.29, 1.82) is 0 Å². The third-order valence-corrected chi connectivity index (χ3v) is 8.29. The average Bonchev–Trinajstić information content (AvgIpc) is 3.27. The van der Waals surface area contributed by atoms with Crippen molar-refractivity contribution in [2.45, 2.75) is 11.4 Å². The lowest BCUT2D eigenvalue weighted by atomic mass is 10.0. The molecular formula is C22H18BrN5O8S2. The van der Waals surface area contributed by atoms with Crippen LogP contribution in [0.1, 0.15) is 16.1 Å². The first-order chi connectivity index (χ1) is 18.3. The number of anilines is 1. The van der Waals surface area contributed by atoms with Gasteiger partial charge in [0.15, 0.2) is 10.8 Å². The van der Waals surface area contributed by atoms with E-state index in [9.17, 15) is 29.1 Å². The summed E-state index contributed by atoms with van der Waals surface area (Å²) in [5.74, 6) is -3.28. The lowest BCUT2D eigenvalue weighted by Gasteiger charge is -2.49. The van der Waals surface area contributed by atoms with E-state index in [0.717, 1.165) is 16.2 Å². The van der Waals surface area contributed by atoms with Crippen molar-refractivity contribution in [3.8, 4) is 0 Å². The zero-order valence-electron chi connectivity index (χ0n) is 19.4. The topological polar surface area (TPSA) is 177 Å². The number of carboxylic acids is 1. The molecule has 0 aliphatic carbocycles. The number of rotatable bonds is 10. The number of carbonyl (C=O) groups is 5. The van der Waals surface area contributed by atoms with Crippen molar-refractivity contribution in [3.63, 3.8) is 0 Å². The summed E-state index contributed by atoms with van der Waals surface area (Å²) < 4.78 is 5.65. The molecule has 0 spiro atoms. The number of hydrogen-bond acceptors (Lipinski definition) is 11. The fraction of sp³-hybridized carbons (Fsp3) is 0.227. The third kappa shape index (κ3) is 5.41. The van der Waals surface area contributed by atoms with Crippen LogP contribution in [0, 0.1) is 0 Å². The largest absolute Gasteiger partial charge is 0.477 e.